The zero-order valence-electron chi connectivity index (χ0n) is 16.4. The van der Waals surface area contributed by atoms with E-state index in [0.717, 1.165) is 11.1 Å². The van der Waals surface area contributed by atoms with E-state index in [1.54, 1.807) is 6.07 Å². The number of benzene rings is 1. The number of halogens is 2. The average molecular weight is 477 g/mol. The Morgan fingerprint density at radius 2 is 1.94 bits per heavy atom. The Labute approximate surface area is 189 Å². The highest BCUT2D eigenvalue weighted by Crippen LogP contribution is 2.40. The lowest BCUT2D eigenvalue weighted by Crippen LogP contribution is -2.33. The number of hydrogen-bond donors (Lipinski definition) is 2. The van der Waals surface area contributed by atoms with E-state index in [9.17, 15) is 14.4 Å². The Morgan fingerprint density at radius 1 is 1.22 bits per heavy atom. The van der Waals surface area contributed by atoms with E-state index in [-0.39, 0.29) is 39.0 Å². The number of fused-ring (bicyclic) bond motifs is 1. The predicted molar refractivity (Wildman–Crippen MR) is 113 cm³/mol. The molecule has 3 aromatic rings. The molecule has 0 saturated carbocycles. The maximum absolute atomic E-state index is 12.3. The van der Waals surface area contributed by atoms with E-state index in [2.05, 4.69) is 15.3 Å². The first-order valence-electron chi connectivity index (χ1n) is 9.29. The van der Waals surface area contributed by atoms with E-state index >= 15 is 0 Å². The van der Waals surface area contributed by atoms with E-state index in [1.807, 2.05) is 4.98 Å². The number of nitriles is 1. The number of H-pyrrole nitrogens is 2. The van der Waals surface area contributed by atoms with Crippen molar-refractivity contribution in [2.75, 3.05) is 7.11 Å². The zero-order valence-corrected chi connectivity index (χ0v) is 18.0. The molecule has 0 aliphatic heterocycles. The molecule has 164 valence electrons. The molecule has 0 radical (unpaired) electrons. The number of nitrogens with zero attached hydrogens (tertiary/aromatic N) is 4. The average Bonchev–Trinajstić information content (AvgIpc) is 2.77. The highest BCUT2D eigenvalue weighted by Gasteiger charge is 2.28. The van der Waals surface area contributed by atoms with Crippen LogP contribution in [0.2, 0.25) is 10.0 Å². The molecule has 0 unspecified atom stereocenters. The van der Waals surface area contributed by atoms with Crippen molar-refractivity contribution in [3.05, 3.63) is 70.2 Å². The maximum Gasteiger partial charge on any atom is 0.349 e. The number of nitrogens with one attached hydrogen (secondary N) is 2. The molecule has 0 bridgehead atoms. The fourth-order valence-corrected chi connectivity index (χ4v) is 4.06. The third-order valence-corrected chi connectivity index (χ3v) is 5.51. The topological polar surface area (TPSA) is 156 Å². The SMILES string of the molecule is CO[C@H]1CCCc2c(Oc3c(Cl)cc(-n4nc(C#N)c(=O)[nH]c4=O)cc3Cl)n[nH]c(=O)c21. The van der Waals surface area contributed by atoms with Gasteiger partial charge in [-0.15, -0.1) is 10.2 Å². The molecule has 0 saturated heterocycles. The largest absolute Gasteiger partial charge is 0.434 e. The maximum atomic E-state index is 12.3. The van der Waals surface area contributed by atoms with Gasteiger partial charge in [0.15, 0.2) is 5.75 Å². The molecule has 1 aromatic carbocycles. The molecule has 0 fully saturated rings. The number of aromatic amines is 2. The molecule has 1 aliphatic carbocycles. The van der Waals surface area contributed by atoms with E-state index in [1.165, 1.54) is 19.2 Å². The Hall–Kier alpha value is -3.46. The molecular formula is C19H14Cl2N6O5. The lowest BCUT2D eigenvalue weighted by atomic mass is 9.91. The summed E-state index contributed by atoms with van der Waals surface area (Å²) in [4.78, 5) is 38.0. The van der Waals surface area contributed by atoms with Crippen LogP contribution in [-0.2, 0) is 11.2 Å². The van der Waals surface area contributed by atoms with Crippen molar-refractivity contribution >= 4 is 23.2 Å². The number of hydrogen-bond acceptors (Lipinski definition) is 8. The monoisotopic (exact) mass is 476 g/mol. The van der Waals surface area contributed by atoms with Crippen molar-refractivity contribution in [1.29, 1.82) is 5.26 Å². The van der Waals surface area contributed by atoms with Crippen molar-refractivity contribution in [3.63, 3.8) is 0 Å². The van der Waals surface area contributed by atoms with Crippen LogP contribution in [0.1, 0.15) is 35.8 Å². The summed E-state index contributed by atoms with van der Waals surface area (Å²) in [6.45, 7) is 0. The lowest BCUT2D eigenvalue weighted by molar-refractivity contribution is 0.0860. The third kappa shape index (κ3) is 3.80. The van der Waals surface area contributed by atoms with Crippen LogP contribution in [0, 0.1) is 11.3 Å². The van der Waals surface area contributed by atoms with Crippen molar-refractivity contribution in [2.24, 2.45) is 0 Å². The summed E-state index contributed by atoms with van der Waals surface area (Å²) >= 11 is 12.7. The van der Waals surface area contributed by atoms with Gasteiger partial charge in [0.25, 0.3) is 11.1 Å². The van der Waals surface area contributed by atoms with Crippen LogP contribution < -0.4 is 21.5 Å². The van der Waals surface area contributed by atoms with Gasteiger partial charge < -0.3 is 9.47 Å². The van der Waals surface area contributed by atoms with E-state index in [0.29, 0.717) is 24.0 Å². The second-order valence-corrected chi connectivity index (χ2v) is 7.65. The highest BCUT2D eigenvalue weighted by atomic mass is 35.5. The summed E-state index contributed by atoms with van der Waals surface area (Å²) in [5, 5.41) is 19.1. The second kappa shape index (κ2) is 8.58. The summed E-state index contributed by atoms with van der Waals surface area (Å²) in [5.74, 6) is 0.167. The summed E-state index contributed by atoms with van der Waals surface area (Å²) in [6, 6.07) is 4.25. The minimum Gasteiger partial charge on any atom is -0.434 e. The Bertz CT molecular complexity index is 1410. The zero-order chi connectivity index (χ0) is 23.0. The van der Waals surface area contributed by atoms with Crippen LogP contribution in [0.3, 0.4) is 0 Å². The first-order chi connectivity index (χ1) is 15.3. The Balaban J connectivity index is 1.78. The van der Waals surface area contributed by atoms with E-state index in [4.69, 9.17) is 37.9 Å². The lowest BCUT2D eigenvalue weighted by Gasteiger charge is -2.24. The van der Waals surface area contributed by atoms with Gasteiger partial charge in [-0.05, 0) is 31.4 Å². The van der Waals surface area contributed by atoms with Gasteiger partial charge in [-0.1, -0.05) is 23.2 Å². The molecule has 11 nitrogen and oxygen atoms in total. The van der Waals surface area contributed by atoms with Gasteiger partial charge in [0.05, 0.1) is 27.4 Å². The van der Waals surface area contributed by atoms with Crippen molar-refractivity contribution in [2.45, 2.75) is 25.4 Å². The highest BCUT2D eigenvalue weighted by molar-refractivity contribution is 6.37. The van der Waals surface area contributed by atoms with Crippen LogP contribution in [0.15, 0.2) is 26.5 Å². The quantitative estimate of drug-likeness (QED) is 0.578. The normalized spacial score (nSPS) is 15.1. The molecule has 13 heteroatoms. The molecule has 0 spiro atoms. The van der Waals surface area contributed by atoms with Crippen molar-refractivity contribution in [3.8, 4) is 23.4 Å². The van der Waals surface area contributed by atoms with E-state index < -0.39 is 16.9 Å². The Morgan fingerprint density at radius 3 is 2.59 bits per heavy atom. The van der Waals surface area contributed by atoms with Gasteiger partial charge in [-0.3, -0.25) is 14.6 Å². The van der Waals surface area contributed by atoms with Crippen LogP contribution in [0.5, 0.6) is 11.6 Å². The summed E-state index contributed by atoms with van der Waals surface area (Å²) in [7, 11) is 1.52. The van der Waals surface area contributed by atoms with Crippen LogP contribution in [0.25, 0.3) is 5.69 Å². The van der Waals surface area contributed by atoms with Crippen LogP contribution in [-0.4, -0.2) is 32.1 Å². The van der Waals surface area contributed by atoms with Crippen molar-refractivity contribution < 1.29 is 9.47 Å². The number of ether oxygens (including phenoxy) is 2. The molecule has 2 aromatic heterocycles. The third-order valence-electron chi connectivity index (χ3n) is 4.95. The second-order valence-electron chi connectivity index (χ2n) is 6.84. The van der Waals surface area contributed by atoms with Gasteiger partial charge in [0.1, 0.15) is 6.07 Å². The van der Waals surface area contributed by atoms with Gasteiger partial charge in [0, 0.05) is 12.7 Å². The minimum atomic E-state index is -0.908. The molecule has 0 amide bonds. The molecular weight excluding hydrogens is 463 g/mol. The number of methoxy groups -OCH3 is 1. The van der Waals surface area contributed by atoms with Crippen LogP contribution >= 0.6 is 23.2 Å². The minimum absolute atomic E-state index is 0.00626. The molecule has 4 rings (SSSR count). The summed E-state index contributed by atoms with van der Waals surface area (Å²) < 4.78 is 12.0. The van der Waals surface area contributed by atoms with Gasteiger partial charge in [0.2, 0.25) is 11.6 Å². The molecule has 1 atom stereocenters. The van der Waals surface area contributed by atoms with Gasteiger partial charge in [-0.2, -0.15) is 9.94 Å². The molecule has 2 heterocycles. The molecule has 1 aliphatic rings. The standard InChI is InChI=1S/C19H14Cl2N6O5/c1-31-13-4-2-3-9-14(13)17(29)24-25-18(9)32-15-10(20)5-8(6-11(15)21)27-19(30)23-16(28)12(7-22)26-27/h5-6,13H,2-4H2,1H3,(H,24,29)(H,23,28,30)/t13-/m0/s1. The fraction of sp³-hybridized carbons (Fsp3) is 0.263. The predicted octanol–water partition coefficient (Wildman–Crippen LogP) is 2.00. The number of aromatic nitrogens is 5. The molecule has 2 N–H and O–H groups in total. The van der Waals surface area contributed by atoms with Crippen LogP contribution in [0.4, 0.5) is 0 Å². The fourth-order valence-electron chi connectivity index (χ4n) is 3.50. The number of rotatable bonds is 4. The summed E-state index contributed by atoms with van der Waals surface area (Å²) in [6.07, 6.45) is 1.64. The van der Waals surface area contributed by atoms with Crippen molar-refractivity contribution in [1.82, 2.24) is 25.0 Å². The smallest absolute Gasteiger partial charge is 0.349 e. The van der Waals surface area contributed by atoms with Gasteiger partial charge >= 0.3 is 5.69 Å². The Kier molecular flexibility index (Phi) is 5.84. The molecule has 32 heavy (non-hydrogen) atoms. The first kappa shape index (κ1) is 21.8. The first-order valence-corrected chi connectivity index (χ1v) is 10.0. The van der Waals surface area contributed by atoms with Gasteiger partial charge in [-0.25, -0.2) is 9.89 Å². The summed E-state index contributed by atoms with van der Waals surface area (Å²) in [5.41, 5.74) is -1.51.